The highest BCUT2D eigenvalue weighted by Gasteiger charge is 2.39. The van der Waals surface area contributed by atoms with Gasteiger partial charge in [0, 0.05) is 0 Å². The predicted molar refractivity (Wildman–Crippen MR) is 133 cm³/mol. The lowest BCUT2D eigenvalue weighted by Gasteiger charge is -2.29. The number of ether oxygens (including phenoxy) is 1. The van der Waals surface area contributed by atoms with E-state index in [-0.39, 0.29) is 17.8 Å². The summed E-state index contributed by atoms with van der Waals surface area (Å²) in [6.07, 6.45) is -7.67. The van der Waals surface area contributed by atoms with Crippen LogP contribution in [0.3, 0.4) is 0 Å². The minimum Gasteiger partial charge on any atom is -0.461 e. The number of carbonyl (C=O) groups excluding carboxylic acids is 1. The molecule has 3 unspecified atom stereocenters. The number of phosphoric acid groups is 1. The second-order valence-electron chi connectivity index (χ2n) is 10.7. The first-order valence-corrected chi connectivity index (χ1v) is 14.0. The fraction of sp³-hybridized carbons (Fsp3) is 0.958. The van der Waals surface area contributed by atoms with Crippen molar-refractivity contribution >= 4 is 13.8 Å². The Balaban J connectivity index is 5.17. The summed E-state index contributed by atoms with van der Waals surface area (Å²) < 4.78 is 34.9. The van der Waals surface area contributed by atoms with Crippen molar-refractivity contribution in [2.24, 2.45) is 17.8 Å². The molecule has 35 heavy (non-hydrogen) atoms. The average molecular weight is 529 g/mol. The molecule has 0 aliphatic heterocycles. The largest absolute Gasteiger partial charge is 0.475 e. The van der Waals surface area contributed by atoms with Crippen LogP contribution in [0.15, 0.2) is 0 Å². The van der Waals surface area contributed by atoms with Gasteiger partial charge in [-0.15, -0.1) is 0 Å². The van der Waals surface area contributed by atoms with Gasteiger partial charge in [0.1, 0.15) is 18.3 Å². The summed E-state index contributed by atoms with van der Waals surface area (Å²) in [6.45, 7) is 16.2. The topological polar surface area (TPSA) is 152 Å². The van der Waals surface area contributed by atoms with Crippen LogP contribution < -0.4 is 0 Å². The fourth-order valence-corrected chi connectivity index (χ4v) is 5.30. The molecule has 0 aromatic carbocycles. The molecule has 0 aliphatic carbocycles. The van der Waals surface area contributed by atoms with Gasteiger partial charge in [0.25, 0.3) is 0 Å². The van der Waals surface area contributed by atoms with E-state index in [2.05, 4.69) is 0 Å². The third-order valence-corrected chi connectivity index (χ3v) is 6.76. The Labute approximate surface area is 210 Å². The maximum atomic E-state index is 13.3. The summed E-state index contributed by atoms with van der Waals surface area (Å²) in [5.74, 6) is -0.353. The zero-order valence-electron chi connectivity index (χ0n) is 22.8. The zero-order valence-corrected chi connectivity index (χ0v) is 23.7. The normalized spacial score (nSPS) is 20.2. The van der Waals surface area contributed by atoms with E-state index < -0.39 is 63.1 Å². The Morgan fingerprint density at radius 3 is 1.49 bits per heavy atom. The molecular weight excluding hydrogens is 479 g/mol. The van der Waals surface area contributed by atoms with E-state index in [9.17, 15) is 29.8 Å². The van der Waals surface area contributed by atoms with E-state index >= 15 is 0 Å². The highest BCUT2D eigenvalue weighted by Crippen LogP contribution is 2.52. The standard InChI is InChI=1S/C24H49O10P/c1-14(2)10-17(7)32-24(29)23(28)22(27)21(26)20(25)13-31-35(30,33-18(8)11-15(3)4)34-19(9)12-16(5)6/h14-23,25-28H,10-13H2,1-9H3/t17?,18?,19?,20-,21-,22+,23-,35?/m1/s1. The Bertz CT molecular complexity index is 620. The lowest BCUT2D eigenvalue weighted by Crippen LogP contribution is -2.49. The predicted octanol–water partition coefficient (Wildman–Crippen LogP) is 3.43. The zero-order chi connectivity index (χ0) is 27.5. The monoisotopic (exact) mass is 528 g/mol. The third kappa shape index (κ3) is 14.7. The van der Waals surface area contributed by atoms with E-state index in [1.165, 1.54) is 0 Å². The number of rotatable bonds is 18. The van der Waals surface area contributed by atoms with Gasteiger partial charge in [-0.05, 0) is 57.8 Å². The molecule has 7 atom stereocenters. The van der Waals surface area contributed by atoms with Crippen LogP contribution in [0.2, 0.25) is 0 Å². The molecule has 0 saturated carbocycles. The average Bonchev–Trinajstić information content (AvgIpc) is 2.67. The van der Waals surface area contributed by atoms with Gasteiger partial charge in [0.05, 0.1) is 24.9 Å². The van der Waals surface area contributed by atoms with E-state index in [0.29, 0.717) is 19.3 Å². The van der Waals surface area contributed by atoms with Crippen molar-refractivity contribution in [3.8, 4) is 0 Å². The molecule has 0 spiro atoms. The van der Waals surface area contributed by atoms with Gasteiger partial charge in [-0.1, -0.05) is 41.5 Å². The molecule has 0 aromatic heterocycles. The summed E-state index contributed by atoms with van der Waals surface area (Å²) in [5.41, 5.74) is 0. The van der Waals surface area contributed by atoms with Crippen molar-refractivity contribution in [1.29, 1.82) is 0 Å². The third-order valence-electron chi connectivity index (χ3n) is 5.06. The van der Waals surface area contributed by atoms with Gasteiger partial charge in [0.2, 0.25) is 0 Å². The highest BCUT2D eigenvalue weighted by molar-refractivity contribution is 7.48. The summed E-state index contributed by atoms with van der Waals surface area (Å²) >= 11 is 0. The van der Waals surface area contributed by atoms with Gasteiger partial charge in [-0.3, -0.25) is 13.6 Å². The van der Waals surface area contributed by atoms with Crippen molar-refractivity contribution in [2.45, 2.75) is 124 Å². The number of aliphatic hydroxyl groups is 4. The van der Waals surface area contributed by atoms with Gasteiger partial charge < -0.3 is 25.2 Å². The summed E-state index contributed by atoms with van der Waals surface area (Å²) in [4.78, 5) is 12.1. The minimum absolute atomic E-state index is 0.246. The van der Waals surface area contributed by atoms with Crippen molar-refractivity contribution in [2.75, 3.05) is 6.61 Å². The molecule has 0 saturated heterocycles. The van der Waals surface area contributed by atoms with E-state index in [4.69, 9.17) is 18.3 Å². The summed E-state index contributed by atoms with van der Waals surface area (Å²) in [6, 6.07) is 0. The number of carbonyl (C=O) groups is 1. The summed E-state index contributed by atoms with van der Waals surface area (Å²) in [7, 11) is -4.15. The molecule has 0 aromatic rings. The minimum atomic E-state index is -4.15. The molecule has 0 radical (unpaired) electrons. The molecule has 0 amide bonds. The number of hydrogen-bond acceptors (Lipinski definition) is 10. The molecule has 10 nitrogen and oxygen atoms in total. The molecular formula is C24H49O10P. The lowest BCUT2D eigenvalue weighted by atomic mass is 10.0. The Hall–Kier alpha value is -0.580. The first-order chi connectivity index (χ1) is 16.0. The second-order valence-corrected chi connectivity index (χ2v) is 12.3. The molecule has 0 aliphatic rings. The van der Waals surface area contributed by atoms with Crippen molar-refractivity contribution in [3.63, 3.8) is 0 Å². The van der Waals surface area contributed by atoms with Crippen LogP contribution in [-0.2, 0) is 27.7 Å². The summed E-state index contributed by atoms with van der Waals surface area (Å²) in [5, 5.41) is 40.9. The maximum Gasteiger partial charge on any atom is 0.475 e. The van der Waals surface area contributed by atoms with Crippen LogP contribution in [0, 0.1) is 17.8 Å². The number of hydrogen-bond donors (Lipinski definition) is 4. The van der Waals surface area contributed by atoms with Crippen LogP contribution in [0.4, 0.5) is 0 Å². The number of esters is 1. The van der Waals surface area contributed by atoms with Gasteiger partial charge in [-0.25, -0.2) is 9.36 Å². The molecule has 0 heterocycles. The van der Waals surface area contributed by atoms with Crippen molar-refractivity contribution in [1.82, 2.24) is 0 Å². The molecule has 11 heteroatoms. The maximum absolute atomic E-state index is 13.3. The highest BCUT2D eigenvalue weighted by atomic mass is 31.2. The molecule has 0 bridgehead atoms. The Morgan fingerprint density at radius 2 is 1.09 bits per heavy atom. The van der Waals surface area contributed by atoms with E-state index in [0.717, 1.165) is 0 Å². The SMILES string of the molecule is CC(C)CC(C)OC(=O)[C@H](O)[C@@H](O)[C@H](O)[C@H](O)COP(=O)(OC(C)CC(C)C)OC(C)CC(C)C. The second kappa shape index (κ2) is 16.3. The van der Waals surface area contributed by atoms with Crippen LogP contribution >= 0.6 is 7.82 Å². The molecule has 0 fully saturated rings. The van der Waals surface area contributed by atoms with Gasteiger partial charge in [0.15, 0.2) is 6.10 Å². The first-order valence-electron chi connectivity index (χ1n) is 12.5. The Kier molecular flexibility index (Phi) is 16.0. The number of phosphoric ester groups is 1. The molecule has 210 valence electrons. The van der Waals surface area contributed by atoms with Crippen LogP contribution in [-0.4, -0.2) is 75.7 Å². The fourth-order valence-electron chi connectivity index (χ4n) is 3.74. The smallest absolute Gasteiger partial charge is 0.461 e. The van der Waals surface area contributed by atoms with Gasteiger partial charge in [-0.2, -0.15) is 0 Å². The van der Waals surface area contributed by atoms with E-state index in [1.807, 2.05) is 41.5 Å². The van der Waals surface area contributed by atoms with Crippen LogP contribution in [0.5, 0.6) is 0 Å². The first kappa shape index (κ1) is 34.4. The quantitative estimate of drug-likeness (QED) is 0.154. The van der Waals surface area contributed by atoms with Gasteiger partial charge >= 0.3 is 13.8 Å². The van der Waals surface area contributed by atoms with E-state index in [1.54, 1.807) is 20.8 Å². The van der Waals surface area contributed by atoms with Crippen LogP contribution in [0.1, 0.15) is 81.6 Å². The van der Waals surface area contributed by atoms with Crippen molar-refractivity contribution < 1.29 is 48.1 Å². The van der Waals surface area contributed by atoms with Crippen LogP contribution in [0.25, 0.3) is 0 Å². The number of aliphatic hydroxyl groups excluding tert-OH is 4. The molecule has 0 rings (SSSR count). The lowest BCUT2D eigenvalue weighted by molar-refractivity contribution is -0.175. The Morgan fingerprint density at radius 1 is 0.686 bits per heavy atom. The molecule has 4 N–H and O–H groups in total. The van der Waals surface area contributed by atoms with Crippen molar-refractivity contribution in [3.05, 3.63) is 0 Å².